The second-order valence-electron chi connectivity index (χ2n) is 7.58. The third-order valence-corrected chi connectivity index (χ3v) is 6.50. The van der Waals surface area contributed by atoms with Crippen LogP contribution in [0.3, 0.4) is 0 Å². The van der Waals surface area contributed by atoms with Gasteiger partial charge in [-0.3, -0.25) is 4.79 Å². The highest BCUT2D eigenvalue weighted by molar-refractivity contribution is 7.16. The number of rotatable bonds is 9. The summed E-state index contributed by atoms with van der Waals surface area (Å²) in [5.74, 6) is -0.0971. The van der Waals surface area contributed by atoms with Gasteiger partial charge in [-0.1, -0.05) is 60.1 Å². The number of carbonyl (C=O) groups excluding carboxylic acids is 1. The van der Waals surface area contributed by atoms with Crippen molar-refractivity contribution in [2.45, 2.75) is 13.3 Å². The Balaban J connectivity index is 1.54. The summed E-state index contributed by atoms with van der Waals surface area (Å²) >= 11 is 7.94. The molecule has 3 aromatic carbocycles. The minimum absolute atomic E-state index is 0.150. The Labute approximate surface area is 212 Å². The number of hydrogen-bond donors (Lipinski definition) is 0. The molecule has 0 N–H and O–H groups in total. The molecule has 0 saturated heterocycles. The van der Waals surface area contributed by atoms with Gasteiger partial charge in [0, 0.05) is 11.8 Å². The quantitative estimate of drug-likeness (QED) is 0.224. The van der Waals surface area contributed by atoms with Crippen LogP contribution in [0.4, 0.5) is 4.39 Å². The van der Waals surface area contributed by atoms with Gasteiger partial charge in [-0.15, -0.1) is 11.3 Å². The molecule has 0 atom stereocenters. The van der Waals surface area contributed by atoms with Crippen molar-refractivity contribution in [1.82, 2.24) is 4.98 Å². The molecule has 0 fully saturated rings. The highest BCUT2D eigenvalue weighted by Crippen LogP contribution is 2.33. The highest BCUT2D eigenvalue weighted by atomic mass is 35.5. The van der Waals surface area contributed by atoms with E-state index in [1.54, 1.807) is 48.6 Å². The van der Waals surface area contributed by atoms with Crippen molar-refractivity contribution in [2.24, 2.45) is 0 Å². The molecule has 0 bridgehead atoms. The molecule has 1 aromatic heterocycles. The van der Waals surface area contributed by atoms with Gasteiger partial charge in [0.05, 0.1) is 22.9 Å². The molecule has 0 aliphatic rings. The van der Waals surface area contributed by atoms with Crippen LogP contribution in [0.15, 0.2) is 85.1 Å². The van der Waals surface area contributed by atoms with Crippen molar-refractivity contribution in [2.75, 3.05) is 13.2 Å². The van der Waals surface area contributed by atoms with Crippen molar-refractivity contribution in [3.05, 3.63) is 112 Å². The van der Waals surface area contributed by atoms with Crippen LogP contribution in [0.2, 0.25) is 5.02 Å². The van der Waals surface area contributed by atoms with E-state index in [-0.39, 0.29) is 24.8 Å². The van der Waals surface area contributed by atoms with E-state index in [1.807, 2.05) is 42.6 Å². The average Bonchev–Trinajstić information content (AvgIpc) is 3.34. The van der Waals surface area contributed by atoms with E-state index in [2.05, 4.69) is 4.98 Å². The van der Waals surface area contributed by atoms with Gasteiger partial charge in [0.1, 0.15) is 23.2 Å². The van der Waals surface area contributed by atoms with Gasteiger partial charge in [0.25, 0.3) is 0 Å². The zero-order valence-corrected chi connectivity index (χ0v) is 20.6. The van der Waals surface area contributed by atoms with Crippen molar-refractivity contribution in [3.8, 4) is 16.3 Å². The first-order chi connectivity index (χ1) is 17.0. The van der Waals surface area contributed by atoms with Crippen LogP contribution < -0.4 is 4.74 Å². The molecule has 0 saturated carbocycles. The predicted molar refractivity (Wildman–Crippen MR) is 138 cm³/mol. The van der Waals surface area contributed by atoms with Crippen LogP contribution in [0.1, 0.15) is 22.9 Å². The standard InChI is InChI=1S/C28H23ClFNO3S/c1-2-33-27(32)17-19-8-13-25(24(29)16-19)34-15-14-23(20-9-11-22(30)12-10-20)26-18-31-28(35-26)21-6-4-3-5-7-21/h3-14,16,18H,2,15,17H2,1H3. The number of benzene rings is 3. The molecule has 0 aliphatic carbocycles. The van der Waals surface area contributed by atoms with Crippen LogP contribution in [0.25, 0.3) is 16.1 Å². The van der Waals surface area contributed by atoms with E-state index in [1.165, 1.54) is 12.1 Å². The summed E-state index contributed by atoms with van der Waals surface area (Å²) in [5.41, 5.74) is 3.53. The summed E-state index contributed by atoms with van der Waals surface area (Å²) in [5, 5.41) is 1.31. The molecule has 0 amide bonds. The largest absolute Gasteiger partial charge is 0.488 e. The minimum atomic E-state index is -0.302. The van der Waals surface area contributed by atoms with Crippen LogP contribution in [-0.4, -0.2) is 24.2 Å². The lowest BCUT2D eigenvalue weighted by molar-refractivity contribution is -0.142. The maximum atomic E-state index is 13.6. The topological polar surface area (TPSA) is 48.4 Å². The van der Waals surface area contributed by atoms with Crippen LogP contribution >= 0.6 is 22.9 Å². The Hall–Kier alpha value is -3.48. The Bertz CT molecular complexity index is 1320. The molecule has 7 heteroatoms. The van der Waals surface area contributed by atoms with E-state index in [9.17, 15) is 9.18 Å². The lowest BCUT2D eigenvalue weighted by Crippen LogP contribution is -2.07. The maximum Gasteiger partial charge on any atom is 0.310 e. The Morgan fingerprint density at radius 3 is 2.57 bits per heavy atom. The molecule has 178 valence electrons. The van der Waals surface area contributed by atoms with Gasteiger partial charge in [-0.25, -0.2) is 9.37 Å². The number of hydrogen-bond acceptors (Lipinski definition) is 5. The van der Waals surface area contributed by atoms with Crippen molar-refractivity contribution in [1.29, 1.82) is 0 Å². The van der Waals surface area contributed by atoms with E-state index in [0.717, 1.165) is 32.1 Å². The summed E-state index contributed by atoms with van der Waals surface area (Å²) < 4.78 is 24.5. The zero-order valence-electron chi connectivity index (χ0n) is 19.0. The number of esters is 1. The average molecular weight is 508 g/mol. The fourth-order valence-electron chi connectivity index (χ4n) is 3.47. The van der Waals surface area contributed by atoms with Crippen molar-refractivity contribution in [3.63, 3.8) is 0 Å². The van der Waals surface area contributed by atoms with Gasteiger partial charge in [-0.2, -0.15) is 0 Å². The summed E-state index contributed by atoms with van der Waals surface area (Å²) in [7, 11) is 0. The van der Waals surface area contributed by atoms with Crippen molar-refractivity contribution < 1.29 is 18.7 Å². The number of nitrogens with zero attached hydrogens (tertiary/aromatic N) is 1. The fraction of sp³-hybridized carbons (Fsp3) is 0.143. The number of ether oxygens (including phenoxy) is 2. The van der Waals surface area contributed by atoms with Gasteiger partial charge in [0.2, 0.25) is 0 Å². The van der Waals surface area contributed by atoms with E-state index >= 15 is 0 Å². The molecule has 0 radical (unpaired) electrons. The normalized spacial score (nSPS) is 11.3. The van der Waals surface area contributed by atoms with E-state index in [0.29, 0.717) is 17.4 Å². The minimum Gasteiger partial charge on any atom is -0.488 e. The van der Waals surface area contributed by atoms with Gasteiger partial charge < -0.3 is 9.47 Å². The van der Waals surface area contributed by atoms with Gasteiger partial charge in [0.15, 0.2) is 0 Å². The Morgan fingerprint density at radius 2 is 1.86 bits per heavy atom. The monoisotopic (exact) mass is 507 g/mol. The first-order valence-electron chi connectivity index (χ1n) is 11.1. The third kappa shape index (κ3) is 6.56. The molecule has 1 heterocycles. The first-order valence-corrected chi connectivity index (χ1v) is 12.3. The van der Waals surface area contributed by atoms with Crippen LogP contribution in [-0.2, 0) is 16.0 Å². The summed E-state index contributed by atoms with van der Waals surface area (Å²) in [4.78, 5) is 17.2. The molecule has 4 rings (SSSR count). The fourth-order valence-corrected chi connectivity index (χ4v) is 4.71. The molecule has 0 spiro atoms. The van der Waals surface area contributed by atoms with Crippen LogP contribution in [0, 0.1) is 5.82 Å². The summed E-state index contributed by atoms with van der Waals surface area (Å²) in [6, 6.07) is 21.5. The number of carbonyl (C=O) groups is 1. The van der Waals surface area contributed by atoms with Gasteiger partial charge >= 0.3 is 5.97 Å². The molecular weight excluding hydrogens is 485 g/mol. The lowest BCUT2D eigenvalue weighted by atomic mass is 10.0. The second-order valence-corrected chi connectivity index (χ2v) is 9.02. The molecule has 4 nitrogen and oxygen atoms in total. The Kier molecular flexibility index (Phi) is 8.29. The SMILES string of the molecule is CCOC(=O)Cc1ccc(OCC=C(c2ccc(F)cc2)c2cnc(-c3ccccc3)s2)c(Cl)c1. The summed E-state index contributed by atoms with van der Waals surface area (Å²) in [6.45, 7) is 2.34. The second kappa shape index (κ2) is 11.8. The van der Waals surface area contributed by atoms with Crippen LogP contribution in [0.5, 0.6) is 5.75 Å². The lowest BCUT2D eigenvalue weighted by Gasteiger charge is -2.10. The van der Waals surface area contributed by atoms with E-state index in [4.69, 9.17) is 21.1 Å². The van der Waals surface area contributed by atoms with Crippen molar-refractivity contribution >= 4 is 34.5 Å². The molecular formula is C28H23ClFNO3S. The molecule has 0 aliphatic heterocycles. The number of thiazole rings is 1. The Morgan fingerprint density at radius 1 is 1.09 bits per heavy atom. The smallest absolute Gasteiger partial charge is 0.310 e. The summed E-state index contributed by atoms with van der Waals surface area (Å²) in [6.07, 6.45) is 3.90. The number of halogens is 2. The third-order valence-electron chi connectivity index (χ3n) is 5.12. The molecule has 0 unspecified atom stereocenters. The highest BCUT2D eigenvalue weighted by Gasteiger charge is 2.12. The molecule has 4 aromatic rings. The molecule has 35 heavy (non-hydrogen) atoms. The van der Waals surface area contributed by atoms with E-state index < -0.39 is 0 Å². The van der Waals surface area contributed by atoms with Gasteiger partial charge in [-0.05, 0) is 54.0 Å². The zero-order chi connectivity index (χ0) is 24.6. The number of aromatic nitrogens is 1. The first kappa shape index (κ1) is 24.6. The predicted octanol–water partition coefficient (Wildman–Crippen LogP) is 7.22. The maximum absolute atomic E-state index is 13.6.